The summed E-state index contributed by atoms with van der Waals surface area (Å²) in [7, 11) is 0. The molecule has 1 amide bonds. The Hall–Kier alpha value is -3.74. The summed E-state index contributed by atoms with van der Waals surface area (Å²) >= 11 is 0. The topological polar surface area (TPSA) is 73.2 Å². The second-order valence-corrected chi connectivity index (χ2v) is 7.96. The third-order valence-corrected chi connectivity index (χ3v) is 4.35. The highest BCUT2D eigenvalue weighted by atomic mass is 19.1. The van der Waals surface area contributed by atoms with Crippen LogP contribution in [0.25, 0.3) is 11.8 Å². The standard InChI is InChI=1S/C24H24FN3O3/c1-24(2,3)20-15-21(28(27-20)19-10-5-4-6-11-19)26-22(29)16-31-23(30)13-12-17-8-7-9-18(25)14-17/h4-15H,16H2,1-3H3,(H,26,29)/b13-12+. The second-order valence-electron chi connectivity index (χ2n) is 7.96. The summed E-state index contributed by atoms with van der Waals surface area (Å²) in [5, 5.41) is 7.37. The minimum absolute atomic E-state index is 0.215. The van der Waals surface area contributed by atoms with Crippen molar-refractivity contribution >= 4 is 23.8 Å². The van der Waals surface area contributed by atoms with Crippen LogP contribution in [-0.2, 0) is 19.7 Å². The van der Waals surface area contributed by atoms with Gasteiger partial charge in [-0.05, 0) is 35.9 Å². The van der Waals surface area contributed by atoms with Crippen LogP contribution < -0.4 is 5.32 Å². The minimum atomic E-state index is -0.702. The number of carbonyl (C=O) groups excluding carboxylic acids is 2. The van der Waals surface area contributed by atoms with Crippen molar-refractivity contribution in [2.45, 2.75) is 26.2 Å². The summed E-state index contributed by atoms with van der Waals surface area (Å²) in [5.74, 6) is -1.12. The van der Waals surface area contributed by atoms with Gasteiger partial charge in [-0.25, -0.2) is 13.9 Å². The van der Waals surface area contributed by atoms with Gasteiger partial charge < -0.3 is 10.1 Å². The number of amides is 1. The molecule has 0 atom stereocenters. The van der Waals surface area contributed by atoms with Gasteiger partial charge in [-0.15, -0.1) is 0 Å². The molecule has 0 aliphatic rings. The molecule has 7 heteroatoms. The van der Waals surface area contributed by atoms with Crippen LogP contribution in [0.3, 0.4) is 0 Å². The number of anilines is 1. The molecule has 0 aliphatic heterocycles. The molecular weight excluding hydrogens is 397 g/mol. The number of nitrogens with zero attached hydrogens (tertiary/aromatic N) is 2. The third kappa shape index (κ3) is 6.12. The first kappa shape index (κ1) is 22.0. The van der Waals surface area contributed by atoms with E-state index in [2.05, 4.69) is 10.4 Å². The molecule has 0 fully saturated rings. The normalized spacial score (nSPS) is 11.5. The lowest BCUT2D eigenvalue weighted by Gasteiger charge is -2.14. The summed E-state index contributed by atoms with van der Waals surface area (Å²) in [6.45, 7) is 5.63. The lowest BCUT2D eigenvalue weighted by Crippen LogP contribution is -2.21. The molecule has 1 aromatic heterocycles. The third-order valence-electron chi connectivity index (χ3n) is 4.35. The molecule has 0 aliphatic carbocycles. The maximum Gasteiger partial charge on any atom is 0.331 e. The average molecular weight is 421 g/mol. The van der Waals surface area contributed by atoms with E-state index in [0.29, 0.717) is 11.4 Å². The van der Waals surface area contributed by atoms with Gasteiger partial charge in [-0.3, -0.25) is 4.79 Å². The van der Waals surface area contributed by atoms with Gasteiger partial charge in [0.2, 0.25) is 0 Å². The Balaban J connectivity index is 1.66. The van der Waals surface area contributed by atoms with E-state index >= 15 is 0 Å². The zero-order valence-electron chi connectivity index (χ0n) is 17.6. The van der Waals surface area contributed by atoms with E-state index in [4.69, 9.17) is 4.74 Å². The van der Waals surface area contributed by atoms with Gasteiger partial charge in [-0.2, -0.15) is 5.10 Å². The highest BCUT2D eigenvalue weighted by Crippen LogP contribution is 2.26. The van der Waals surface area contributed by atoms with Crippen molar-refractivity contribution < 1.29 is 18.7 Å². The Labute approximate surface area is 180 Å². The summed E-state index contributed by atoms with van der Waals surface area (Å²) in [6.07, 6.45) is 2.57. The van der Waals surface area contributed by atoms with Gasteiger partial charge in [0, 0.05) is 17.6 Å². The zero-order chi connectivity index (χ0) is 22.4. The fourth-order valence-electron chi connectivity index (χ4n) is 2.74. The number of rotatable bonds is 6. The monoisotopic (exact) mass is 421 g/mol. The Morgan fingerprint density at radius 1 is 1.10 bits per heavy atom. The van der Waals surface area contributed by atoms with Crippen LogP contribution in [0.1, 0.15) is 32.0 Å². The maximum atomic E-state index is 13.2. The average Bonchev–Trinajstić information content (AvgIpc) is 3.16. The molecule has 3 aromatic rings. The minimum Gasteiger partial charge on any atom is -0.452 e. The van der Waals surface area contributed by atoms with Gasteiger partial charge in [0.25, 0.3) is 5.91 Å². The van der Waals surface area contributed by atoms with Crippen LogP contribution in [-0.4, -0.2) is 28.3 Å². The van der Waals surface area contributed by atoms with E-state index in [-0.39, 0.29) is 5.41 Å². The molecule has 3 rings (SSSR count). The number of halogens is 1. The second kappa shape index (κ2) is 9.38. The maximum absolute atomic E-state index is 13.2. The van der Waals surface area contributed by atoms with Gasteiger partial charge in [0.15, 0.2) is 6.61 Å². The first-order chi connectivity index (χ1) is 14.7. The molecule has 6 nitrogen and oxygen atoms in total. The molecule has 0 bridgehead atoms. The highest BCUT2D eigenvalue weighted by Gasteiger charge is 2.21. The van der Waals surface area contributed by atoms with Crippen molar-refractivity contribution in [2.24, 2.45) is 0 Å². The SMILES string of the molecule is CC(C)(C)c1cc(NC(=O)COC(=O)/C=C/c2cccc(F)c2)n(-c2ccccc2)n1. The highest BCUT2D eigenvalue weighted by molar-refractivity contribution is 5.94. The molecule has 1 heterocycles. The largest absolute Gasteiger partial charge is 0.452 e. The lowest BCUT2D eigenvalue weighted by atomic mass is 9.92. The van der Waals surface area contributed by atoms with Crippen molar-refractivity contribution in [2.75, 3.05) is 11.9 Å². The number of aromatic nitrogens is 2. The molecule has 160 valence electrons. The Bertz CT molecular complexity index is 1100. The van der Waals surface area contributed by atoms with Crippen molar-refractivity contribution in [3.63, 3.8) is 0 Å². The number of para-hydroxylation sites is 1. The van der Waals surface area contributed by atoms with Crippen molar-refractivity contribution in [1.82, 2.24) is 9.78 Å². The predicted octanol–water partition coefficient (Wildman–Crippen LogP) is 4.50. The lowest BCUT2D eigenvalue weighted by molar-refractivity contribution is -0.142. The fourth-order valence-corrected chi connectivity index (χ4v) is 2.74. The fraction of sp³-hybridized carbons (Fsp3) is 0.208. The number of hydrogen-bond donors (Lipinski definition) is 1. The van der Waals surface area contributed by atoms with Gasteiger partial charge in [-0.1, -0.05) is 51.1 Å². The first-order valence-electron chi connectivity index (χ1n) is 9.78. The smallest absolute Gasteiger partial charge is 0.331 e. The number of benzene rings is 2. The molecule has 0 radical (unpaired) electrons. The van der Waals surface area contributed by atoms with Crippen LogP contribution in [0.15, 0.2) is 66.7 Å². The summed E-state index contributed by atoms with van der Waals surface area (Å²) in [5.41, 5.74) is 1.90. The van der Waals surface area contributed by atoms with E-state index < -0.39 is 24.3 Å². The molecule has 1 N–H and O–H groups in total. The molecule has 31 heavy (non-hydrogen) atoms. The van der Waals surface area contributed by atoms with E-state index in [1.165, 1.54) is 24.3 Å². The van der Waals surface area contributed by atoms with Gasteiger partial charge in [0.1, 0.15) is 11.6 Å². The van der Waals surface area contributed by atoms with Crippen molar-refractivity contribution in [3.05, 3.63) is 83.8 Å². The summed E-state index contributed by atoms with van der Waals surface area (Å²) < 4.78 is 19.8. The van der Waals surface area contributed by atoms with E-state index in [0.717, 1.165) is 17.5 Å². The quantitative estimate of drug-likeness (QED) is 0.470. The number of esters is 1. The van der Waals surface area contributed by atoms with Crippen LogP contribution in [0.2, 0.25) is 0 Å². The number of carbonyl (C=O) groups is 2. The Morgan fingerprint density at radius 3 is 2.52 bits per heavy atom. The Kier molecular flexibility index (Phi) is 6.65. The molecule has 0 unspecified atom stereocenters. The number of ether oxygens (including phenoxy) is 1. The van der Waals surface area contributed by atoms with Crippen molar-refractivity contribution in [3.8, 4) is 5.69 Å². The molecular formula is C24H24FN3O3. The summed E-state index contributed by atoms with van der Waals surface area (Å²) in [4.78, 5) is 24.3. The van der Waals surface area contributed by atoms with Crippen molar-refractivity contribution in [1.29, 1.82) is 0 Å². The van der Waals surface area contributed by atoms with Crippen LogP contribution in [0.4, 0.5) is 10.2 Å². The van der Waals surface area contributed by atoms with E-state index in [9.17, 15) is 14.0 Å². The molecule has 0 spiro atoms. The van der Waals surface area contributed by atoms with Crippen LogP contribution >= 0.6 is 0 Å². The molecule has 2 aromatic carbocycles. The number of nitrogens with one attached hydrogen (secondary N) is 1. The molecule has 0 saturated heterocycles. The zero-order valence-corrected chi connectivity index (χ0v) is 17.6. The van der Waals surface area contributed by atoms with E-state index in [1.807, 2.05) is 51.1 Å². The van der Waals surface area contributed by atoms with Gasteiger partial charge >= 0.3 is 5.97 Å². The Morgan fingerprint density at radius 2 is 1.84 bits per heavy atom. The number of hydrogen-bond acceptors (Lipinski definition) is 4. The first-order valence-corrected chi connectivity index (χ1v) is 9.78. The predicted molar refractivity (Wildman–Crippen MR) is 117 cm³/mol. The van der Waals surface area contributed by atoms with Crippen LogP contribution in [0, 0.1) is 5.82 Å². The summed E-state index contributed by atoms with van der Waals surface area (Å²) in [6, 6.07) is 17.0. The van der Waals surface area contributed by atoms with E-state index in [1.54, 1.807) is 16.8 Å². The van der Waals surface area contributed by atoms with Gasteiger partial charge in [0.05, 0.1) is 11.4 Å². The molecule has 0 saturated carbocycles. The van der Waals surface area contributed by atoms with Crippen LogP contribution in [0.5, 0.6) is 0 Å².